The topological polar surface area (TPSA) is 237 Å². The van der Waals surface area contributed by atoms with Gasteiger partial charge in [0.1, 0.15) is 19.3 Å². The van der Waals surface area contributed by atoms with E-state index in [9.17, 15) is 43.2 Å². The normalized spacial score (nSPS) is 14.5. The van der Waals surface area contributed by atoms with Crippen molar-refractivity contribution in [1.82, 2.24) is 0 Å². The van der Waals surface area contributed by atoms with Gasteiger partial charge in [-0.15, -0.1) is 0 Å². The lowest BCUT2D eigenvalue weighted by Gasteiger charge is -2.21. The van der Waals surface area contributed by atoms with Crippen molar-refractivity contribution in [2.45, 2.75) is 318 Å². The number of unbranched alkanes of at least 4 members (excludes halogenated alkanes) is 26. The maximum atomic E-state index is 13.0. The Labute approximate surface area is 498 Å². The summed E-state index contributed by atoms with van der Waals surface area (Å²) in [7, 11) is -9.89. The van der Waals surface area contributed by atoms with Gasteiger partial charge in [-0.05, 0) is 49.4 Å². The Bertz CT molecular complexity index is 1640. The van der Waals surface area contributed by atoms with Gasteiger partial charge in [0, 0.05) is 25.7 Å². The van der Waals surface area contributed by atoms with E-state index >= 15 is 0 Å². The molecule has 3 N–H and O–H groups in total. The zero-order valence-electron chi connectivity index (χ0n) is 53.1. The molecule has 0 aliphatic heterocycles. The molecule has 82 heavy (non-hydrogen) atoms. The first kappa shape index (κ1) is 80.1. The van der Waals surface area contributed by atoms with E-state index < -0.39 is 97.5 Å². The van der Waals surface area contributed by atoms with Gasteiger partial charge >= 0.3 is 39.5 Å². The van der Waals surface area contributed by atoms with Crippen LogP contribution in [0, 0.1) is 23.7 Å². The molecule has 0 amide bonds. The second-order valence-corrected chi connectivity index (χ2v) is 27.6. The van der Waals surface area contributed by atoms with Gasteiger partial charge in [0.05, 0.1) is 26.4 Å². The maximum Gasteiger partial charge on any atom is 0.472 e. The Kier molecular flexibility index (Phi) is 52.0. The Balaban J connectivity index is 5.25. The van der Waals surface area contributed by atoms with Crippen molar-refractivity contribution in [3.8, 4) is 0 Å². The van der Waals surface area contributed by atoms with E-state index in [1.165, 1.54) is 96.3 Å². The first-order valence-electron chi connectivity index (χ1n) is 32.7. The molecule has 0 aliphatic carbocycles. The van der Waals surface area contributed by atoms with Gasteiger partial charge in [0.25, 0.3) is 0 Å². The smallest absolute Gasteiger partial charge is 0.462 e. The molecule has 0 heterocycles. The third-order valence-corrected chi connectivity index (χ3v) is 16.2. The predicted molar refractivity (Wildman–Crippen MR) is 326 cm³/mol. The zero-order valence-corrected chi connectivity index (χ0v) is 54.9. The van der Waals surface area contributed by atoms with Gasteiger partial charge in [-0.1, -0.05) is 248 Å². The van der Waals surface area contributed by atoms with Gasteiger partial charge < -0.3 is 33.8 Å². The molecule has 0 aromatic heterocycles. The minimum atomic E-state index is -4.94. The standard InChI is InChI=1S/C63H122O17P2/c1-53(2)39-31-23-15-10-9-11-19-29-37-45-62(67)79-58(49-73-60(65)43-35-27-18-13-12-16-24-32-40-54(3)4)51-77-81(69,70)75-47-57(64)48-76-82(71,72)78-52-59(80-63(68)46-38-30-22-21-26-34-42-56(7)8)50-74-61(66)44-36-28-20-14-17-25-33-41-55(5)6/h53-59,64H,9-52H2,1-8H3,(H,69,70)(H,71,72)/t57?,58-,59-/m1/s1. The lowest BCUT2D eigenvalue weighted by atomic mass is 10.0. The van der Waals surface area contributed by atoms with Crippen LogP contribution in [0.5, 0.6) is 0 Å². The fourth-order valence-corrected chi connectivity index (χ4v) is 10.8. The molecule has 486 valence electrons. The summed E-state index contributed by atoms with van der Waals surface area (Å²) in [5.74, 6) is 0.692. The molecular formula is C63H122O17P2. The molecule has 0 saturated carbocycles. The summed E-state index contributed by atoms with van der Waals surface area (Å²) in [6, 6.07) is 0. The number of carbonyl (C=O) groups excluding carboxylic acids is 4. The second-order valence-electron chi connectivity index (χ2n) is 24.7. The van der Waals surface area contributed by atoms with Gasteiger partial charge in [0.2, 0.25) is 0 Å². The van der Waals surface area contributed by atoms with Crippen molar-refractivity contribution < 1.29 is 80.2 Å². The average molecular weight is 1210 g/mol. The van der Waals surface area contributed by atoms with Crippen molar-refractivity contribution in [3.05, 3.63) is 0 Å². The van der Waals surface area contributed by atoms with Crippen molar-refractivity contribution in [2.75, 3.05) is 39.6 Å². The average Bonchev–Trinajstić information content (AvgIpc) is 3.41. The quantitative estimate of drug-likeness (QED) is 0.0222. The number of rotatable bonds is 60. The summed E-state index contributed by atoms with van der Waals surface area (Å²) in [6.45, 7) is 13.9. The first-order chi connectivity index (χ1) is 39.1. The highest BCUT2D eigenvalue weighted by molar-refractivity contribution is 7.47. The molecule has 0 saturated heterocycles. The second kappa shape index (κ2) is 53.3. The van der Waals surface area contributed by atoms with E-state index in [0.29, 0.717) is 37.5 Å². The fourth-order valence-electron chi connectivity index (χ4n) is 9.25. The number of phosphoric ester groups is 2. The van der Waals surface area contributed by atoms with Crippen LogP contribution in [0.15, 0.2) is 0 Å². The Morgan fingerprint density at radius 2 is 0.512 bits per heavy atom. The van der Waals surface area contributed by atoms with Gasteiger partial charge in [-0.2, -0.15) is 0 Å². The third kappa shape index (κ3) is 57.2. The van der Waals surface area contributed by atoms with E-state index in [4.69, 9.17) is 37.0 Å². The number of aliphatic hydroxyl groups excluding tert-OH is 1. The van der Waals surface area contributed by atoms with Crippen LogP contribution in [0.25, 0.3) is 0 Å². The summed E-state index contributed by atoms with van der Waals surface area (Å²) in [5.41, 5.74) is 0. The monoisotopic (exact) mass is 1210 g/mol. The summed E-state index contributed by atoms with van der Waals surface area (Å²) >= 11 is 0. The largest absolute Gasteiger partial charge is 0.472 e. The van der Waals surface area contributed by atoms with Crippen LogP contribution >= 0.6 is 15.6 Å². The highest BCUT2D eigenvalue weighted by Crippen LogP contribution is 2.45. The molecule has 0 radical (unpaired) electrons. The number of aliphatic hydroxyl groups is 1. The van der Waals surface area contributed by atoms with Crippen LogP contribution in [-0.4, -0.2) is 96.7 Å². The molecule has 0 bridgehead atoms. The van der Waals surface area contributed by atoms with E-state index in [0.717, 1.165) is 108 Å². The maximum absolute atomic E-state index is 13.0. The number of hydrogen-bond acceptors (Lipinski definition) is 15. The van der Waals surface area contributed by atoms with Crippen LogP contribution in [-0.2, 0) is 65.4 Å². The number of ether oxygens (including phenoxy) is 4. The molecular weight excluding hydrogens is 1090 g/mol. The number of carbonyl (C=O) groups is 4. The molecule has 3 unspecified atom stereocenters. The van der Waals surface area contributed by atoms with E-state index in [1.54, 1.807) is 0 Å². The lowest BCUT2D eigenvalue weighted by molar-refractivity contribution is -0.161. The molecule has 0 fully saturated rings. The van der Waals surface area contributed by atoms with Crippen molar-refractivity contribution in [1.29, 1.82) is 0 Å². The van der Waals surface area contributed by atoms with E-state index in [-0.39, 0.29) is 25.7 Å². The van der Waals surface area contributed by atoms with E-state index in [1.807, 2.05) is 0 Å². The summed E-state index contributed by atoms with van der Waals surface area (Å²) < 4.78 is 67.9. The van der Waals surface area contributed by atoms with Crippen molar-refractivity contribution in [2.24, 2.45) is 23.7 Å². The lowest BCUT2D eigenvalue weighted by Crippen LogP contribution is -2.30. The first-order valence-corrected chi connectivity index (χ1v) is 35.7. The number of hydrogen-bond donors (Lipinski definition) is 3. The Hall–Kier alpha value is -1.94. The summed E-state index contributed by atoms with van der Waals surface area (Å²) in [5, 5.41) is 10.5. The molecule has 5 atom stereocenters. The Morgan fingerprint density at radius 1 is 0.305 bits per heavy atom. The minimum Gasteiger partial charge on any atom is -0.462 e. The molecule has 0 aliphatic rings. The van der Waals surface area contributed by atoms with Gasteiger partial charge in [0.15, 0.2) is 12.2 Å². The predicted octanol–water partition coefficient (Wildman–Crippen LogP) is 17.0. The molecule has 19 heteroatoms. The van der Waals surface area contributed by atoms with Crippen LogP contribution < -0.4 is 0 Å². The molecule has 0 rings (SSSR count). The summed E-state index contributed by atoms with van der Waals surface area (Å²) in [6.07, 6.45) is 32.4. The van der Waals surface area contributed by atoms with E-state index in [2.05, 4.69) is 55.4 Å². The van der Waals surface area contributed by atoms with Crippen LogP contribution in [0.2, 0.25) is 0 Å². The highest BCUT2D eigenvalue weighted by atomic mass is 31.2. The molecule has 0 aromatic carbocycles. The number of phosphoric acid groups is 2. The summed E-state index contributed by atoms with van der Waals surface area (Å²) in [4.78, 5) is 72.1. The SMILES string of the molecule is CC(C)CCCCCCCCCCCC(=O)O[C@H](COC(=O)CCCCCCCCCCC(C)C)COP(=O)(O)OCC(O)COP(=O)(O)OC[C@@H](COC(=O)CCCCCCCCCC(C)C)OC(=O)CCCCCCCCC(C)C. The molecule has 0 spiro atoms. The third-order valence-electron chi connectivity index (χ3n) is 14.3. The van der Waals surface area contributed by atoms with Crippen molar-refractivity contribution >= 4 is 39.5 Å². The zero-order chi connectivity index (χ0) is 61.1. The molecule has 0 aromatic rings. The minimum absolute atomic E-state index is 0.101. The fraction of sp³-hybridized carbons (Fsp3) is 0.937. The molecule has 17 nitrogen and oxygen atoms in total. The van der Waals surface area contributed by atoms with Crippen molar-refractivity contribution in [3.63, 3.8) is 0 Å². The number of esters is 4. The van der Waals surface area contributed by atoms with Gasteiger partial charge in [-0.25, -0.2) is 9.13 Å². The van der Waals surface area contributed by atoms with Crippen LogP contribution in [0.1, 0.15) is 299 Å². The van der Waals surface area contributed by atoms with Gasteiger partial charge in [-0.3, -0.25) is 37.3 Å². The highest BCUT2D eigenvalue weighted by Gasteiger charge is 2.30. The van der Waals surface area contributed by atoms with Crippen LogP contribution in [0.3, 0.4) is 0 Å². The Morgan fingerprint density at radius 3 is 0.756 bits per heavy atom. The van der Waals surface area contributed by atoms with Crippen LogP contribution in [0.4, 0.5) is 0 Å².